The van der Waals surface area contributed by atoms with Gasteiger partial charge in [-0.1, -0.05) is 76.6 Å². The Morgan fingerprint density at radius 3 is 1.39 bits per heavy atom. The summed E-state index contributed by atoms with van der Waals surface area (Å²) in [7, 11) is 0. The molecular weight excluding hydrogens is 344 g/mol. The number of hydrogen-bond acceptors (Lipinski definition) is 2. The van der Waals surface area contributed by atoms with Crippen molar-refractivity contribution >= 4 is 0 Å². The summed E-state index contributed by atoms with van der Waals surface area (Å²) in [6, 6.07) is 13.0. The Kier molecular flexibility index (Phi) is 9.96. The van der Waals surface area contributed by atoms with Crippen molar-refractivity contribution < 1.29 is 9.47 Å². The normalized spacial score (nSPS) is 10.9. The molecule has 0 N–H and O–H groups in total. The third kappa shape index (κ3) is 7.22. The summed E-state index contributed by atoms with van der Waals surface area (Å²) in [4.78, 5) is 0. The van der Waals surface area contributed by atoms with Gasteiger partial charge in [-0.25, -0.2) is 0 Å². The second-order valence-corrected chi connectivity index (χ2v) is 7.82. The van der Waals surface area contributed by atoms with Crippen LogP contribution in [0.25, 0.3) is 11.1 Å². The Labute approximate surface area is 172 Å². The number of hydrogen-bond donors (Lipinski definition) is 0. The SMILES string of the molecule is CCCCCCOc1cc(C)ccc1-c1ccc(C)cc1OCCCCCC. The van der Waals surface area contributed by atoms with Crippen LogP contribution in [-0.4, -0.2) is 13.2 Å². The molecule has 0 saturated carbocycles. The van der Waals surface area contributed by atoms with E-state index in [9.17, 15) is 0 Å². The molecule has 0 aliphatic heterocycles. The number of ether oxygens (including phenoxy) is 2. The lowest BCUT2D eigenvalue weighted by Gasteiger charge is -2.17. The topological polar surface area (TPSA) is 18.5 Å². The highest BCUT2D eigenvalue weighted by Gasteiger charge is 2.13. The fourth-order valence-electron chi connectivity index (χ4n) is 3.36. The number of benzene rings is 2. The first-order valence-electron chi connectivity index (χ1n) is 11.1. The van der Waals surface area contributed by atoms with Crippen molar-refractivity contribution in [3.8, 4) is 22.6 Å². The van der Waals surface area contributed by atoms with Crippen molar-refractivity contribution in [2.75, 3.05) is 13.2 Å². The lowest BCUT2D eigenvalue weighted by atomic mass is 10.0. The predicted octanol–water partition coefficient (Wildman–Crippen LogP) is 7.89. The fourth-order valence-corrected chi connectivity index (χ4v) is 3.36. The smallest absolute Gasteiger partial charge is 0.127 e. The second-order valence-electron chi connectivity index (χ2n) is 7.82. The van der Waals surface area contributed by atoms with Gasteiger partial charge in [0.15, 0.2) is 0 Å². The lowest BCUT2D eigenvalue weighted by molar-refractivity contribution is 0.302. The molecule has 0 heterocycles. The van der Waals surface area contributed by atoms with Crippen molar-refractivity contribution in [1.82, 2.24) is 0 Å². The van der Waals surface area contributed by atoms with E-state index in [2.05, 4.69) is 64.1 Å². The minimum absolute atomic E-state index is 0.773. The maximum absolute atomic E-state index is 6.21. The van der Waals surface area contributed by atoms with E-state index in [0.29, 0.717) is 0 Å². The molecule has 0 radical (unpaired) electrons. The van der Waals surface area contributed by atoms with Crippen LogP contribution < -0.4 is 9.47 Å². The van der Waals surface area contributed by atoms with Crippen molar-refractivity contribution in [2.45, 2.75) is 79.1 Å². The van der Waals surface area contributed by atoms with E-state index >= 15 is 0 Å². The van der Waals surface area contributed by atoms with Crippen LogP contribution in [0, 0.1) is 13.8 Å². The van der Waals surface area contributed by atoms with Gasteiger partial charge in [0.2, 0.25) is 0 Å². The Morgan fingerprint density at radius 2 is 1.00 bits per heavy atom. The molecule has 2 nitrogen and oxygen atoms in total. The van der Waals surface area contributed by atoms with Gasteiger partial charge in [-0.2, -0.15) is 0 Å². The minimum atomic E-state index is 0.773. The molecule has 0 fully saturated rings. The first kappa shape index (κ1) is 22.3. The van der Waals surface area contributed by atoms with Crippen molar-refractivity contribution in [3.63, 3.8) is 0 Å². The molecule has 2 heteroatoms. The van der Waals surface area contributed by atoms with E-state index in [1.54, 1.807) is 0 Å². The summed E-state index contributed by atoms with van der Waals surface area (Å²) in [5.74, 6) is 1.94. The molecule has 2 aromatic carbocycles. The maximum atomic E-state index is 6.21. The maximum Gasteiger partial charge on any atom is 0.127 e. The van der Waals surface area contributed by atoms with Crippen LogP contribution in [0.3, 0.4) is 0 Å². The summed E-state index contributed by atoms with van der Waals surface area (Å²) >= 11 is 0. The molecule has 0 aliphatic carbocycles. The van der Waals surface area contributed by atoms with E-state index in [0.717, 1.165) is 48.7 Å². The van der Waals surface area contributed by atoms with Crippen LogP contribution in [0.5, 0.6) is 11.5 Å². The van der Waals surface area contributed by atoms with Crippen LogP contribution in [-0.2, 0) is 0 Å². The van der Waals surface area contributed by atoms with E-state index in [1.165, 1.54) is 49.7 Å². The lowest BCUT2D eigenvalue weighted by Crippen LogP contribution is -2.02. The molecule has 0 saturated heterocycles. The van der Waals surface area contributed by atoms with Gasteiger partial charge >= 0.3 is 0 Å². The van der Waals surface area contributed by atoms with Crippen LogP contribution in [0.2, 0.25) is 0 Å². The van der Waals surface area contributed by atoms with Crippen LogP contribution in [0.4, 0.5) is 0 Å². The molecular formula is C26H38O2. The van der Waals surface area contributed by atoms with Crippen LogP contribution in [0.15, 0.2) is 36.4 Å². The van der Waals surface area contributed by atoms with Crippen LogP contribution in [0.1, 0.15) is 76.3 Å². The fraction of sp³-hybridized carbons (Fsp3) is 0.538. The van der Waals surface area contributed by atoms with Gasteiger partial charge in [0.05, 0.1) is 13.2 Å². The summed E-state index contributed by atoms with van der Waals surface area (Å²) in [6.07, 6.45) is 9.72. The van der Waals surface area contributed by atoms with Gasteiger partial charge in [0.25, 0.3) is 0 Å². The van der Waals surface area contributed by atoms with Crippen molar-refractivity contribution in [3.05, 3.63) is 47.5 Å². The average molecular weight is 383 g/mol. The summed E-state index contributed by atoms with van der Waals surface area (Å²) in [6.45, 7) is 10.3. The zero-order chi connectivity index (χ0) is 20.2. The first-order chi connectivity index (χ1) is 13.7. The molecule has 0 spiro atoms. The summed E-state index contributed by atoms with van der Waals surface area (Å²) in [5, 5.41) is 0. The van der Waals surface area contributed by atoms with Gasteiger partial charge in [-0.15, -0.1) is 0 Å². The van der Waals surface area contributed by atoms with Gasteiger partial charge in [0.1, 0.15) is 11.5 Å². The summed E-state index contributed by atoms with van der Waals surface area (Å²) in [5.41, 5.74) is 4.71. The number of unbranched alkanes of at least 4 members (excludes halogenated alkanes) is 6. The Balaban J connectivity index is 2.16. The average Bonchev–Trinajstić information content (AvgIpc) is 2.68. The zero-order valence-electron chi connectivity index (χ0n) is 18.4. The van der Waals surface area contributed by atoms with Crippen molar-refractivity contribution in [1.29, 1.82) is 0 Å². The molecule has 0 aliphatic rings. The van der Waals surface area contributed by atoms with Gasteiger partial charge < -0.3 is 9.47 Å². The monoisotopic (exact) mass is 382 g/mol. The molecule has 154 valence electrons. The second kappa shape index (κ2) is 12.5. The van der Waals surface area contributed by atoms with Gasteiger partial charge in [-0.3, -0.25) is 0 Å². The number of rotatable bonds is 13. The quantitative estimate of drug-likeness (QED) is 0.328. The number of aryl methyl sites for hydroxylation is 2. The molecule has 2 aromatic rings. The van der Waals surface area contributed by atoms with E-state index < -0.39 is 0 Å². The third-order valence-electron chi connectivity index (χ3n) is 5.08. The minimum Gasteiger partial charge on any atom is -0.493 e. The standard InChI is InChI=1S/C26H38O2/c1-5-7-9-11-17-27-25-19-21(3)13-15-23(25)24-16-14-22(4)20-26(24)28-18-12-10-8-6-2/h13-16,19-20H,5-12,17-18H2,1-4H3. The molecule has 0 bridgehead atoms. The van der Waals surface area contributed by atoms with E-state index in [1.807, 2.05) is 0 Å². The van der Waals surface area contributed by atoms with E-state index in [4.69, 9.17) is 9.47 Å². The highest BCUT2D eigenvalue weighted by Crippen LogP contribution is 2.38. The first-order valence-corrected chi connectivity index (χ1v) is 11.1. The molecule has 0 unspecified atom stereocenters. The Hall–Kier alpha value is -1.96. The zero-order valence-corrected chi connectivity index (χ0v) is 18.4. The Bertz CT molecular complexity index is 644. The van der Waals surface area contributed by atoms with E-state index in [-0.39, 0.29) is 0 Å². The largest absolute Gasteiger partial charge is 0.493 e. The van der Waals surface area contributed by atoms with Gasteiger partial charge in [0, 0.05) is 11.1 Å². The molecule has 0 aromatic heterocycles. The van der Waals surface area contributed by atoms with Crippen LogP contribution >= 0.6 is 0 Å². The molecule has 0 atom stereocenters. The highest BCUT2D eigenvalue weighted by molar-refractivity contribution is 5.76. The highest BCUT2D eigenvalue weighted by atomic mass is 16.5. The van der Waals surface area contributed by atoms with Gasteiger partial charge in [-0.05, 0) is 49.9 Å². The Morgan fingerprint density at radius 1 is 0.571 bits per heavy atom. The van der Waals surface area contributed by atoms with Crippen molar-refractivity contribution in [2.24, 2.45) is 0 Å². The third-order valence-corrected chi connectivity index (χ3v) is 5.08. The predicted molar refractivity (Wildman–Crippen MR) is 121 cm³/mol. The summed E-state index contributed by atoms with van der Waals surface area (Å²) < 4.78 is 12.4. The molecule has 0 amide bonds. The molecule has 28 heavy (non-hydrogen) atoms. The molecule has 2 rings (SSSR count).